The van der Waals surface area contributed by atoms with Gasteiger partial charge in [-0.05, 0) is 43.2 Å². The molecule has 36 heavy (non-hydrogen) atoms. The molecule has 5 rings (SSSR count). The van der Waals surface area contributed by atoms with Crippen molar-refractivity contribution in [2.24, 2.45) is 7.05 Å². The summed E-state index contributed by atoms with van der Waals surface area (Å²) in [4.78, 5) is 40.9. The Morgan fingerprint density at radius 2 is 1.75 bits per heavy atom. The van der Waals surface area contributed by atoms with E-state index in [2.05, 4.69) is 31.2 Å². The van der Waals surface area contributed by atoms with Crippen LogP contribution in [0.2, 0.25) is 5.02 Å². The van der Waals surface area contributed by atoms with Crippen molar-refractivity contribution in [1.29, 1.82) is 5.26 Å². The first-order valence-electron chi connectivity index (χ1n) is 11.5. The molecule has 3 aromatic heterocycles. The Morgan fingerprint density at radius 3 is 2.42 bits per heavy atom. The molecule has 4 heterocycles. The van der Waals surface area contributed by atoms with Gasteiger partial charge in [-0.1, -0.05) is 11.6 Å². The van der Waals surface area contributed by atoms with E-state index in [0.717, 1.165) is 11.3 Å². The van der Waals surface area contributed by atoms with Crippen molar-refractivity contribution in [2.75, 3.05) is 23.3 Å². The Balaban J connectivity index is 1.26. The number of hydrogen-bond acceptors (Lipinski definition) is 8. The number of halogens is 1. The summed E-state index contributed by atoms with van der Waals surface area (Å²) in [5.41, 5.74) is 2.28. The molecule has 0 spiro atoms. The van der Waals surface area contributed by atoms with Crippen molar-refractivity contribution >= 4 is 34.4 Å². The highest BCUT2D eigenvalue weighted by atomic mass is 35.5. The normalized spacial score (nSPS) is 14.1. The highest BCUT2D eigenvalue weighted by Crippen LogP contribution is 2.26. The van der Waals surface area contributed by atoms with Gasteiger partial charge in [-0.15, -0.1) is 0 Å². The number of hydrogen-bond donors (Lipinski definition) is 1. The summed E-state index contributed by atoms with van der Waals surface area (Å²) in [7, 11) is 1.55. The average Bonchev–Trinajstić information content (AvgIpc) is 2.92. The Bertz CT molecular complexity index is 1560. The summed E-state index contributed by atoms with van der Waals surface area (Å²) in [5.74, 6) is 0.627. The summed E-state index contributed by atoms with van der Waals surface area (Å²) in [6.07, 6.45) is 6.37. The van der Waals surface area contributed by atoms with Crippen LogP contribution in [0, 0.1) is 11.3 Å². The van der Waals surface area contributed by atoms with Gasteiger partial charge in [0.05, 0.1) is 22.2 Å². The van der Waals surface area contributed by atoms with Gasteiger partial charge in [0.2, 0.25) is 5.95 Å². The monoisotopic (exact) mass is 502 g/mol. The summed E-state index contributed by atoms with van der Waals surface area (Å²) in [5, 5.41) is 12.6. The van der Waals surface area contributed by atoms with Crippen LogP contribution in [-0.4, -0.2) is 37.2 Å². The van der Waals surface area contributed by atoms with Gasteiger partial charge in [-0.2, -0.15) is 5.26 Å². The van der Waals surface area contributed by atoms with Crippen molar-refractivity contribution in [1.82, 2.24) is 24.1 Å². The first kappa shape index (κ1) is 23.5. The van der Waals surface area contributed by atoms with E-state index in [-0.39, 0.29) is 6.04 Å². The van der Waals surface area contributed by atoms with E-state index in [1.165, 1.54) is 15.3 Å². The average molecular weight is 503 g/mol. The highest BCUT2D eigenvalue weighted by Gasteiger charge is 2.26. The van der Waals surface area contributed by atoms with E-state index in [4.69, 9.17) is 16.9 Å². The molecule has 10 nitrogen and oxygen atoms in total. The number of fused-ring (bicyclic) bond motifs is 1. The number of nitriles is 1. The van der Waals surface area contributed by atoms with E-state index in [1.807, 2.05) is 12.1 Å². The Morgan fingerprint density at radius 1 is 1.06 bits per heavy atom. The zero-order chi connectivity index (χ0) is 25.2. The Labute approximate surface area is 211 Å². The maximum Gasteiger partial charge on any atom is 0.318 e. The van der Waals surface area contributed by atoms with E-state index in [9.17, 15) is 9.59 Å². The molecule has 1 N–H and O–H groups in total. The number of nitrogens with one attached hydrogen (secondary N) is 1. The molecule has 182 valence electrons. The van der Waals surface area contributed by atoms with Gasteiger partial charge < -0.3 is 14.8 Å². The van der Waals surface area contributed by atoms with Crippen LogP contribution in [0.4, 0.5) is 11.6 Å². The third-order valence-corrected chi connectivity index (χ3v) is 6.63. The molecular weight excluding hydrogens is 480 g/mol. The summed E-state index contributed by atoms with van der Waals surface area (Å²) < 4.78 is 2.82. The molecule has 4 aromatic rings. The molecule has 0 amide bonds. The molecule has 1 aliphatic heterocycles. The van der Waals surface area contributed by atoms with Crippen molar-refractivity contribution in [2.45, 2.75) is 25.4 Å². The van der Waals surface area contributed by atoms with Crippen LogP contribution in [0.5, 0.6) is 0 Å². The highest BCUT2D eigenvalue weighted by molar-refractivity contribution is 6.31. The first-order valence-corrected chi connectivity index (χ1v) is 11.9. The lowest BCUT2D eigenvalue weighted by Gasteiger charge is -2.33. The van der Waals surface area contributed by atoms with E-state index >= 15 is 0 Å². The summed E-state index contributed by atoms with van der Waals surface area (Å²) in [6, 6.07) is 10.8. The van der Waals surface area contributed by atoms with Gasteiger partial charge >= 0.3 is 11.1 Å². The van der Waals surface area contributed by atoms with E-state index in [1.54, 1.807) is 37.6 Å². The lowest BCUT2D eigenvalue weighted by molar-refractivity contribution is 0.389. The first-order chi connectivity index (χ1) is 17.4. The minimum atomic E-state index is -0.595. The molecule has 1 saturated heterocycles. The maximum atomic E-state index is 12.9. The topological polar surface area (TPSA) is 122 Å². The zero-order valence-corrected chi connectivity index (χ0v) is 20.3. The van der Waals surface area contributed by atoms with Crippen molar-refractivity contribution in [3.05, 3.63) is 85.8 Å². The quantitative estimate of drug-likeness (QED) is 0.413. The number of nitrogens with zero attached hydrogens (tertiary/aromatic N) is 7. The van der Waals surface area contributed by atoms with Gasteiger partial charge in [0.25, 0.3) is 0 Å². The van der Waals surface area contributed by atoms with E-state index < -0.39 is 11.1 Å². The molecule has 1 fully saturated rings. The van der Waals surface area contributed by atoms with Gasteiger partial charge in [0.1, 0.15) is 0 Å². The predicted octanol–water partition coefficient (Wildman–Crippen LogP) is 2.86. The fraction of sp³-hybridized carbons (Fsp3) is 0.280. The second-order valence-electron chi connectivity index (χ2n) is 8.69. The van der Waals surface area contributed by atoms with Crippen LogP contribution in [0.25, 0.3) is 11.2 Å². The minimum absolute atomic E-state index is 0.158. The van der Waals surface area contributed by atoms with Gasteiger partial charge in [-0.25, -0.2) is 15.0 Å². The predicted molar refractivity (Wildman–Crippen MR) is 137 cm³/mol. The van der Waals surface area contributed by atoms with Crippen LogP contribution in [0.15, 0.2) is 58.5 Å². The van der Waals surface area contributed by atoms with Crippen molar-refractivity contribution < 1.29 is 0 Å². The standard InChI is InChI=1S/C25H23ClN8O2/c1-32-21-10-18(26)15-29-22(21)34(24(36)23(32)35)20-6-8-33(9-7-20)25-30-13-17(14-31-25)12-28-19-4-2-16(11-27)3-5-19/h2-5,10,13-15,20,28H,6-9,12H2,1H3. The lowest BCUT2D eigenvalue weighted by atomic mass is 10.0. The maximum absolute atomic E-state index is 12.9. The van der Waals surface area contributed by atoms with Crippen LogP contribution < -0.4 is 21.3 Å². The molecule has 0 atom stereocenters. The molecule has 0 radical (unpaired) electrons. The fourth-order valence-electron chi connectivity index (χ4n) is 4.44. The number of pyridine rings is 1. The van der Waals surface area contributed by atoms with Gasteiger partial charge in [0, 0.05) is 62.6 Å². The molecule has 0 bridgehead atoms. The van der Waals surface area contributed by atoms with Crippen LogP contribution in [0.1, 0.15) is 30.0 Å². The van der Waals surface area contributed by atoms with Crippen LogP contribution in [-0.2, 0) is 13.6 Å². The van der Waals surface area contributed by atoms with Crippen LogP contribution in [0.3, 0.4) is 0 Å². The second kappa shape index (κ2) is 9.79. The number of anilines is 2. The van der Waals surface area contributed by atoms with Gasteiger partial charge in [0.15, 0.2) is 5.65 Å². The number of piperidine rings is 1. The molecule has 0 saturated carbocycles. The van der Waals surface area contributed by atoms with E-state index in [0.29, 0.717) is 60.2 Å². The smallest absolute Gasteiger partial charge is 0.318 e. The molecule has 11 heteroatoms. The third kappa shape index (κ3) is 4.53. The fourth-order valence-corrected chi connectivity index (χ4v) is 4.59. The second-order valence-corrected chi connectivity index (χ2v) is 9.12. The number of aromatic nitrogens is 5. The summed E-state index contributed by atoms with van der Waals surface area (Å²) >= 11 is 6.08. The molecule has 1 aromatic carbocycles. The molecular formula is C25H23ClN8O2. The molecule has 0 unspecified atom stereocenters. The number of rotatable bonds is 5. The third-order valence-electron chi connectivity index (χ3n) is 6.42. The van der Waals surface area contributed by atoms with Crippen molar-refractivity contribution in [3.8, 4) is 6.07 Å². The lowest BCUT2D eigenvalue weighted by Crippen LogP contribution is -2.45. The van der Waals surface area contributed by atoms with Crippen LogP contribution >= 0.6 is 11.6 Å². The zero-order valence-electron chi connectivity index (χ0n) is 19.6. The largest absolute Gasteiger partial charge is 0.381 e. The number of aryl methyl sites for hydroxylation is 1. The number of benzene rings is 1. The Kier molecular flexibility index (Phi) is 6.40. The van der Waals surface area contributed by atoms with Gasteiger partial charge in [-0.3, -0.25) is 14.2 Å². The molecule has 0 aliphatic carbocycles. The Hall–Kier alpha value is -4.23. The minimum Gasteiger partial charge on any atom is -0.381 e. The summed E-state index contributed by atoms with van der Waals surface area (Å²) in [6.45, 7) is 1.85. The van der Waals surface area contributed by atoms with Crippen molar-refractivity contribution in [3.63, 3.8) is 0 Å². The SMILES string of the molecule is Cn1c(=O)c(=O)n(C2CCN(c3ncc(CNc4ccc(C#N)cc4)cn3)CC2)c2ncc(Cl)cc21. The molecule has 1 aliphatic rings.